The number of carbonyl (C=O) groups is 2. The fourth-order valence-corrected chi connectivity index (χ4v) is 17.3. The smallest absolute Gasteiger partial charge is 0.322 e. The SMILES string of the molecule is CCP1P2C(c3ccccc3)=C(c3ccccc3)[C@@]1(c1ccccc1)[C@@H]1C(=O)OC(=O)[C@H]12. The highest BCUT2D eigenvalue weighted by atomic mass is 32.1. The van der Waals surface area contributed by atoms with E-state index in [9.17, 15) is 9.59 Å². The minimum absolute atomic E-state index is 0.314. The molecule has 3 aromatic rings. The van der Waals surface area contributed by atoms with Crippen molar-refractivity contribution in [3.63, 3.8) is 0 Å². The van der Waals surface area contributed by atoms with Gasteiger partial charge in [0.15, 0.2) is 0 Å². The Morgan fingerprint density at radius 2 is 1.34 bits per heavy atom. The molecular weight excluding hydrogens is 434 g/mol. The third-order valence-electron chi connectivity index (χ3n) is 6.86. The number of allylic oxidation sites excluding steroid dienone is 1. The highest BCUT2D eigenvalue weighted by Crippen LogP contribution is 3.00. The number of esters is 2. The van der Waals surface area contributed by atoms with Crippen LogP contribution in [0.2, 0.25) is 0 Å². The molecule has 0 saturated carbocycles. The van der Waals surface area contributed by atoms with E-state index in [1.165, 1.54) is 16.5 Å². The Balaban J connectivity index is 1.77. The van der Waals surface area contributed by atoms with Crippen molar-refractivity contribution < 1.29 is 14.3 Å². The van der Waals surface area contributed by atoms with Crippen LogP contribution in [0.3, 0.4) is 0 Å². The van der Waals surface area contributed by atoms with Crippen LogP contribution < -0.4 is 0 Å². The van der Waals surface area contributed by atoms with Crippen LogP contribution in [0.15, 0.2) is 91.0 Å². The molecule has 0 spiro atoms. The van der Waals surface area contributed by atoms with Crippen LogP contribution >= 0.6 is 15.2 Å². The van der Waals surface area contributed by atoms with Crippen molar-refractivity contribution in [2.24, 2.45) is 5.92 Å². The summed E-state index contributed by atoms with van der Waals surface area (Å²) in [5.74, 6) is -1.09. The zero-order valence-electron chi connectivity index (χ0n) is 17.6. The predicted molar refractivity (Wildman–Crippen MR) is 131 cm³/mol. The highest BCUT2D eigenvalue weighted by Gasteiger charge is 2.75. The first-order chi connectivity index (χ1) is 15.7. The van der Waals surface area contributed by atoms with Crippen LogP contribution in [-0.4, -0.2) is 23.8 Å². The van der Waals surface area contributed by atoms with Crippen molar-refractivity contribution >= 4 is 38.0 Å². The van der Waals surface area contributed by atoms with Gasteiger partial charge in [-0.1, -0.05) is 106 Å². The van der Waals surface area contributed by atoms with Gasteiger partial charge in [-0.2, -0.15) is 0 Å². The van der Waals surface area contributed by atoms with Gasteiger partial charge < -0.3 is 4.74 Å². The molecule has 5 heteroatoms. The van der Waals surface area contributed by atoms with Crippen LogP contribution in [-0.2, 0) is 19.5 Å². The Labute approximate surface area is 189 Å². The van der Waals surface area contributed by atoms with Crippen molar-refractivity contribution in [2.75, 3.05) is 6.16 Å². The fraction of sp³-hybridized carbons (Fsp3) is 0.185. The van der Waals surface area contributed by atoms with E-state index in [4.69, 9.17) is 4.74 Å². The molecular formula is C27H22O3P2. The molecule has 0 aliphatic carbocycles. The maximum absolute atomic E-state index is 13.3. The van der Waals surface area contributed by atoms with Gasteiger partial charge in [0.25, 0.3) is 0 Å². The van der Waals surface area contributed by atoms with Gasteiger partial charge in [0.05, 0.1) is 11.1 Å². The van der Waals surface area contributed by atoms with Crippen molar-refractivity contribution in [3.05, 3.63) is 108 Å². The zero-order chi connectivity index (χ0) is 21.9. The Hall–Kier alpha value is -2.60. The second-order valence-electron chi connectivity index (χ2n) is 8.31. The molecule has 0 N–H and O–H groups in total. The van der Waals surface area contributed by atoms with Gasteiger partial charge in [0.1, 0.15) is 5.66 Å². The Morgan fingerprint density at radius 3 is 1.94 bits per heavy atom. The van der Waals surface area contributed by atoms with Crippen LogP contribution in [0.1, 0.15) is 23.6 Å². The van der Waals surface area contributed by atoms with E-state index in [1.807, 2.05) is 30.3 Å². The monoisotopic (exact) mass is 456 g/mol. The molecule has 6 rings (SSSR count). The number of fused-ring (bicyclic) bond motifs is 5. The fourth-order valence-electron chi connectivity index (χ4n) is 5.85. The molecule has 2 fully saturated rings. The lowest BCUT2D eigenvalue weighted by atomic mass is 9.74. The molecule has 2 unspecified atom stereocenters. The third kappa shape index (κ3) is 2.50. The third-order valence-corrected chi connectivity index (χ3v) is 16.2. The first kappa shape index (κ1) is 20.0. The quantitative estimate of drug-likeness (QED) is 0.258. The Kier molecular flexibility index (Phi) is 4.68. The Morgan fingerprint density at radius 1 is 0.781 bits per heavy atom. The zero-order valence-corrected chi connectivity index (χ0v) is 19.4. The van der Waals surface area contributed by atoms with Crippen molar-refractivity contribution in [1.29, 1.82) is 0 Å². The first-order valence-corrected chi connectivity index (χ1v) is 14.6. The molecule has 5 atom stereocenters. The molecule has 0 radical (unpaired) electrons. The van der Waals surface area contributed by atoms with E-state index in [2.05, 4.69) is 67.6 Å². The molecule has 3 heterocycles. The van der Waals surface area contributed by atoms with Gasteiger partial charge in [-0.25, -0.2) is 0 Å². The second-order valence-corrected chi connectivity index (χ2v) is 14.9. The van der Waals surface area contributed by atoms with E-state index in [-0.39, 0.29) is 17.6 Å². The number of rotatable bonds is 4. The van der Waals surface area contributed by atoms with Gasteiger partial charge in [0, 0.05) is 0 Å². The van der Waals surface area contributed by atoms with Crippen LogP contribution in [0, 0.1) is 5.92 Å². The lowest BCUT2D eigenvalue weighted by molar-refractivity contribution is -0.153. The molecule has 2 saturated heterocycles. The summed E-state index contributed by atoms with van der Waals surface area (Å²) in [5, 5.41) is 0.786. The summed E-state index contributed by atoms with van der Waals surface area (Å²) < 4.78 is 5.34. The standard InChI is InChI=1S/C27H22O3P2/c1-2-31-27(20-16-10-5-11-17-20)21(18-12-6-3-7-13-18)23(19-14-8-4-9-15-19)32(31)24-22(27)25(28)30-26(24)29/h3-17,22,24H,2H2,1H3/t22-,24-,27-,31?,32?/m0/s1. The summed E-state index contributed by atoms with van der Waals surface area (Å²) in [6, 6.07) is 31.3. The molecule has 3 aliphatic rings. The predicted octanol–water partition coefficient (Wildman–Crippen LogP) is 6.44. The van der Waals surface area contributed by atoms with Gasteiger partial charge >= 0.3 is 11.9 Å². The normalized spacial score (nSPS) is 30.5. The number of benzene rings is 3. The second kappa shape index (κ2) is 7.48. The molecule has 158 valence electrons. The van der Waals surface area contributed by atoms with Crippen LogP contribution in [0.25, 0.3) is 10.9 Å². The average molecular weight is 456 g/mol. The average Bonchev–Trinajstić information content (AvgIpc) is 3.43. The topological polar surface area (TPSA) is 43.4 Å². The van der Waals surface area contributed by atoms with E-state index >= 15 is 0 Å². The molecule has 0 amide bonds. The van der Waals surface area contributed by atoms with Crippen molar-refractivity contribution in [1.82, 2.24) is 0 Å². The van der Waals surface area contributed by atoms with E-state index in [0.717, 1.165) is 17.3 Å². The largest absolute Gasteiger partial charge is 0.392 e. The van der Waals surface area contributed by atoms with Gasteiger partial charge in [-0.05, 0) is 41.3 Å². The van der Waals surface area contributed by atoms with Crippen molar-refractivity contribution in [2.45, 2.75) is 17.7 Å². The maximum atomic E-state index is 13.3. The molecule has 2 bridgehead atoms. The summed E-state index contributed by atoms with van der Waals surface area (Å²) in [5.41, 5.74) is 4.35. The van der Waals surface area contributed by atoms with Crippen LogP contribution in [0.5, 0.6) is 0 Å². The van der Waals surface area contributed by atoms with Crippen molar-refractivity contribution in [3.8, 4) is 0 Å². The summed E-state index contributed by atoms with van der Waals surface area (Å²) >= 11 is 0. The minimum Gasteiger partial charge on any atom is -0.392 e. The summed E-state index contributed by atoms with van der Waals surface area (Å²) in [4.78, 5) is 26.3. The number of hydrogen-bond donors (Lipinski definition) is 0. The van der Waals surface area contributed by atoms with E-state index < -0.39 is 26.3 Å². The van der Waals surface area contributed by atoms with E-state index in [1.54, 1.807) is 0 Å². The molecule has 32 heavy (non-hydrogen) atoms. The lowest BCUT2D eigenvalue weighted by Gasteiger charge is -2.39. The lowest BCUT2D eigenvalue weighted by Crippen LogP contribution is -2.39. The Bertz CT molecular complexity index is 1240. The van der Waals surface area contributed by atoms with Gasteiger partial charge in [0.2, 0.25) is 0 Å². The van der Waals surface area contributed by atoms with Crippen LogP contribution in [0.4, 0.5) is 0 Å². The van der Waals surface area contributed by atoms with Gasteiger partial charge in [-0.3, -0.25) is 9.59 Å². The summed E-state index contributed by atoms with van der Waals surface area (Å²) in [6.45, 7) is 2.23. The summed E-state index contributed by atoms with van der Waals surface area (Å²) in [6.07, 6.45) is 0.968. The number of carbonyl (C=O) groups excluding carboxylic acids is 2. The molecule has 3 nitrogen and oxygen atoms in total. The maximum Gasteiger partial charge on any atom is 0.322 e. The number of hydrogen-bond acceptors (Lipinski definition) is 3. The van der Waals surface area contributed by atoms with Gasteiger partial charge in [-0.15, -0.1) is 0 Å². The number of ether oxygens (including phenoxy) is 1. The minimum atomic E-state index is -0.864. The van der Waals surface area contributed by atoms with E-state index in [0.29, 0.717) is 0 Å². The highest BCUT2D eigenvalue weighted by molar-refractivity contribution is 8.36. The summed E-state index contributed by atoms with van der Waals surface area (Å²) in [7, 11) is -1.52. The molecule has 3 aliphatic heterocycles. The first-order valence-electron chi connectivity index (χ1n) is 10.9. The molecule has 0 aromatic heterocycles. The molecule has 3 aromatic carbocycles. The number of cyclic esters (lactones) is 2.